The van der Waals surface area contributed by atoms with Crippen molar-refractivity contribution in [2.75, 3.05) is 39.0 Å². The molecule has 7 heteroatoms. The van der Waals surface area contributed by atoms with E-state index in [0.29, 0.717) is 19.5 Å². The predicted molar refractivity (Wildman–Crippen MR) is 108 cm³/mol. The fourth-order valence-corrected chi connectivity index (χ4v) is 3.56. The van der Waals surface area contributed by atoms with Crippen LogP contribution in [0, 0.1) is 0 Å². The molecule has 0 aliphatic rings. The van der Waals surface area contributed by atoms with Crippen LogP contribution in [0.25, 0.3) is 21.3 Å². The molecule has 136 valence electrons. The van der Waals surface area contributed by atoms with Crippen molar-refractivity contribution in [2.24, 2.45) is 0 Å². The highest BCUT2D eigenvalue weighted by Gasteiger charge is 2.13. The molecule has 0 spiro atoms. The van der Waals surface area contributed by atoms with Gasteiger partial charge < -0.3 is 15.5 Å². The fourth-order valence-electron chi connectivity index (χ4n) is 2.64. The van der Waals surface area contributed by atoms with E-state index in [9.17, 15) is 4.79 Å². The molecule has 0 aliphatic heterocycles. The summed E-state index contributed by atoms with van der Waals surface area (Å²) in [5.41, 5.74) is 2.25. The average molecular weight is 369 g/mol. The Balaban J connectivity index is 1.67. The quantitative estimate of drug-likeness (QED) is 0.639. The number of nitrogens with one attached hydrogen (secondary N) is 2. The zero-order valence-electron chi connectivity index (χ0n) is 15.0. The van der Waals surface area contributed by atoms with E-state index >= 15 is 0 Å². The molecule has 1 aromatic carbocycles. The van der Waals surface area contributed by atoms with Gasteiger partial charge in [-0.15, -0.1) is 11.3 Å². The zero-order valence-corrected chi connectivity index (χ0v) is 15.8. The number of benzene rings is 1. The molecule has 0 fully saturated rings. The summed E-state index contributed by atoms with van der Waals surface area (Å²) >= 11 is 1.60. The zero-order chi connectivity index (χ0) is 18.4. The van der Waals surface area contributed by atoms with Crippen LogP contribution in [0.4, 0.5) is 5.82 Å². The van der Waals surface area contributed by atoms with E-state index in [1.165, 1.54) is 0 Å². The fraction of sp³-hybridized carbons (Fsp3) is 0.316. The molecule has 2 N–H and O–H groups in total. The van der Waals surface area contributed by atoms with Gasteiger partial charge in [0.15, 0.2) is 0 Å². The molecule has 3 aromatic rings. The van der Waals surface area contributed by atoms with Crippen LogP contribution in [0.1, 0.15) is 6.42 Å². The summed E-state index contributed by atoms with van der Waals surface area (Å²) < 4.78 is 0. The van der Waals surface area contributed by atoms with Crippen LogP contribution in [0.2, 0.25) is 0 Å². The Morgan fingerprint density at radius 2 is 1.96 bits per heavy atom. The van der Waals surface area contributed by atoms with Gasteiger partial charge in [0, 0.05) is 37.0 Å². The SMILES string of the molecule is CN(C)CCNC(=O)CCNc1ncnc2scc(-c3ccccc3)c12. The maximum atomic E-state index is 11.9. The van der Waals surface area contributed by atoms with Crippen molar-refractivity contribution >= 4 is 33.3 Å². The third-order valence-corrected chi connectivity index (χ3v) is 4.87. The third-order valence-electron chi connectivity index (χ3n) is 3.98. The molecule has 2 aromatic heterocycles. The standard InChI is InChI=1S/C19H23N5OS/c1-24(2)11-10-20-16(25)8-9-21-18-17-15(14-6-4-3-5-7-14)12-26-19(17)23-13-22-18/h3-7,12-13H,8-11H2,1-2H3,(H,20,25)(H,21,22,23). The highest BCUT2D eigenvalue weighted by Crippen LogP contribution is 2.36. The van der Waals surface area contributed by atoms with Crippen molar-refractivity contribution in [2.45, 2.75) is 6.42 Å². The Bertz CT molecular complexity index is 863. The van der Waals surface area contributed by atoms with E-state index < -0.39 is 0 Å². The second-order valence-corrected chi connectivity index (χ2v) is 7.11. The van der Waals surface area contributed by atoms with Crippen LogP contribution in [-0.4, -0.2) is 54.5 Å². The summed E-state index contributed by atoms with van der Waals surface area (Å²) in [6.45, 7) is 2.03. The largest absolute Gasteiger partial charge is 0.369 e. The molecule has 3 rings (SSSR count). The summed E-state index contributed by atoms with van der Waals surface area (Å²) in [4.78, 5) is 23.7. The van der Waals surface area contributed by atoms with Crippen LogP contribution in [0.5, 0.6) is 0 Å². The number of thiophene rings is 1. The minimum atomic E-state index is 0.0400. The van der Waals surface area contributed by atoms with E-state index in [1.807, 2.05) is 37.2 Å². The van der Waals surface area contributed by atoms with Gasteiger partial charge in [0.05, 0.1) is 5.39 Å². The van der Waals surface area contributed by atoms with Crippen LogP contribution in [0.3, 0.4) is 0 Å². The number of hydrogen-bond donors (Lipinski definition) is 2. The highest BCUT2D eigenvalue weighted by atomic mass is 32.1. The first-order valence-corrected chi connectivity index (χ1v) is 9.46. The van der Waals surface area contributed by atoms with Gasteiger partial charge in [-0.2, -0.15) is 0 Å². The Kier molecular flexibility index (Phi) is 6.14. The van der Waals surface area contributed by atoms with Crippen LogP contribution < -0.4 is 10.6 Å². The van der Waals surface area contributed by atoms with Crippen molar-refractivity contribution in [3.63, 3.8) is 0 Å². The lowest BCUT2D eigenvalue weighted by molar-refractivity contribution is -0.120. The summed E-state index contributed by atoms with van der Waals surface area (Å²) in [6, 6.07) is 10.2. The van der Waals surface area contributed by atoms with Crippen molar-refractivity contribution in [1.29, 1.82) is 0 Å². The molecule has 0 radical (unpaired) electrons. The Morgan fingerprint density at radius 1 is 1.15 bits per heavy atom. The van der Waals surface area contributed by atoms with Crippen molar-refractivity contribution in [3.05, 3.63) is 42.0 Å². The first kappa shape index (κ1) is 18.3. The lowest BCUT2D eigenvalue weighted by Gasteiger charge is -2.11. The Morgan fingerprint density at radius 3 is 2.73 bits per heavy atom. The van der Waals surface area contributed by atoms with Gasteiger partial charge in [-0.1, -0.05) is 30.3 Å². The number of carbonyl (C=O) groups excluding carboxylic acids is 1. The molecular weight excluding hydrogens is 346 g/mol. The van der Waals surface area contributed by atoms with Gasteiger partial charge in [0.2, 0.25) is 5.91 Å². The summed E-state index contributed by atoms with van der Waals surface area (Å²) in [5, 5.41) is 9.33. The summed E-state index contributed by atoms with van der Waals surface area (Å²) in [6.07, 6.45) is 1.97. The van der Waals surface area contributed by atoms with Crippen molar-refractivity contribution < 1.29 is 4.79 Å². The van der Waals surface area contributed by atoms with E-state index in [2.05, 4.69) is 38.1 Å². The third kappa shape index (κ3) is 4.56. The number of nitrogens with zero attached hydrogens (tertiary/aromatic N) is 3. The number of likely N-dealkylation sites (N-methyl/N-ethyl adjacent to an activating group) is 1. The van der Waals surface area contributed by atoms with Gasteiger partial charge in [-0.05, 0) is 19.7 Å². The Labute approximate surface area is 157 Å². The summed E-state index contributed by atoms with van der Waals surface area (Å²) in [7, 11) is 3.97. The first-order valence-electron chi connectivity index (χ1n) is 8.58. The summed E-state index contributed by atoms with van der Waals surface area (Å²) in [5.74, 6) is 0.814. The molecule has 0 aliphatic carbocycles. The average Bonchev–Trinajstić information content (AvgIpc) is 3.07. The van der Waals surface area contributed by atoms with Gasteiger partial charge in [0.1, 0.15) is 17.0 Å². The normalized spacial score (nSPS) is 11.0. The van der Waals surface area contributed by atoms with Gasteiger partial charge in [-0.3, -0.25) is 4.79 Å². The molecule has 0 atom stereocenters. The minimum Gasteiger partial charge on any atom is -0.369 e. The molecule has 1 amide bonds. The minimum absolute atomic E-state index is 0.0400. The van der Waals surface area contributed by atoms with E-state index in [4.69, 9.17) is 0 Å². The van der Waals surface area contributed by atoms with Gasteiger partial charge in [0.25, 0.3) is 0 Å². The van der Waals surface area contributed by atoms with Crippen LogP contribution in [0.15, 0.2) is 42.0 Å². The predicted octanol–water partition coefficient (Wildman–Crippen LogP) is 2.84. The van der Waals surface area contributed by atoms with Gasteiger partial charge in [-0.25, -0.2) is 9.97 Å². The molecule has 2 heterocycles. The number of amides is 1. The van der Waals surface area contributed by atoms with Crippen molar-refractivity contribution in [1.82, 2.24) is 20.2 Å². The number of hydrogen-bond acceptors (Lipinski definition) is 6. The number of aromatic nitrogens is 2. The molecule has 0 saturated carbocycles. The Hall–Kier alpha value is -2.51. The molecule has 6 nitrogen and oxygen atoms in total. The smallest absolute Gasteiger partial charge is 0.221 e. The lowest BCUT2D eigenvalue weighted by atomic mass is 10.1. The van der Waals surface area contributed by atoms with Crippen molar-refractivity contribution in [3.8, 4) is 11.1 Å². The number of fused-ring (bicyclic) bond motifs is 1. The van der Waals surface area contributed by atoms with Crippen LogP contribution >= 0.6 is 11.3 Å². The maximum absolute atomic E-state index is 11.9. The monoisotopic (exact) mass is 369 g/mol. The molecule has 0 unspecified atom stereocenters. The van der Waals surface area contributed by atoms with Gasteiger partial charge >= 0.3 is 0 Å². The number of anilines is 1. The molecule has 26 heavy (non-hydrogen) atoms. The molecule has 0 bridgehead atoms. The number of carbonyl (C=O) groups is 1. The second-order valence-electron chi connectivity index (χ2n) is 6.25. The maximum Gasteiger partial charge on any atom is 0.221 e. The van der Waals surface area contributed by atoms with E-state index in [1.54, 1.807) is 17.7 Å². The highest BCUT2D eigenvalue weighted by molar-refractivity contribution is 7.17. The lowest BCUT2D eigenvalue weighted by Crippen LogP contribution is -2.32. The topological polar surface area (TPSA) is 70.2 Å². The first-order chi connectivity index (χ1) is 12.6. The number of rotatable bonds is 8. The van der Waals surface area contributed by atoms with Crippen LogP contribution in [-0.2, 0) is 4.79 Å². The molecular formula is C19H23N5OS. The van der Waals surface area contributed by atoms with E-state index in [0.717, 1.165) is 33.7 Å². The van der Waals surface area contributed by atoms with E-state index in [-0.39, 0.29) is 5.91 Å². The second kappa shape index (κ2) is 8.73. The molecule has 0 saturated heterocycles.